The highest BCUT2D eigenvalue weighted by Crippen LogP contribution is 2.42. The molecule has 0 aliphatic rings. The molecule has 2 heterocycles. The second-order valence-corrected chi connectivity index (χ2v) is 17.7. The highest BCUT2D eigenvalue weighted by atomic mass is 79.9. The molecule has 327 valence electrons. The van der Waals surface area contributed by atoms with E-state index in [-0.39, 0.29) is 0 Å². The van der Waals surface area contributed by atoms with Gasteiger partial charge in [0.1, 0.15) is 28.1 Å². The number of hydrogen-bond donors (Lipinski definition) is 1. The van der Waals surface area contributed by atoms with Gasteiger partial charge < -0.3 is 18.5 Å². The summed E-state index contributed by atoms with van der Waals surface area (Å²) in [6, 6.07) is 77.8. The SMILES string of the molecule is Brc1cccc(-c2cccc3c2oc2c(-c4ccccc4)cccc23)c1.Clc1cccc(-c2cccc(-c3cccc4c3oc3c(-c5ccccc5)cccc34)c2)c1.O[B]Oc1cccc(Cl)c1. The fourth-order valence-electron chi connectivity index (χ4n) is 8.58. The zero-order chi connectivity index (χ0) is 46.4. The van der Waals surface area contributed by atoms with Crippen LogP contribution in [0.2, 0.25) is 10.0 Å². The monoisotopic (exact) mass is 983 g/mol. The van der Waals surface area contributed by atoms with Gasteiger partial charge in [-0.3, -0.25) is 0 Å². The van der Waals surface area contributed by atoms with Gasteiger partial charge >= 0.3 is 7.69 Å². The quantitative estimate of drug-likeness (QED) is 0.162. The van der Waals surface area contributed by atoms with Gasteiger partial charge in [0.25, 0.3) is 0 Å². The van der Waals surface area contributed by atoms with Gasteiger partial charge in [-0.2, -0.15) is 0 Å². The standard InChI is InChI=1S/C30H19ClO.C24H15BrO.C6H5BClO2/c31-24-13-5-11-22(19-24)21-10-4-12-23(18-21)26-15-7-17-28-27-16-6-14-25(29(27)32-30(26)28)20-8-2-1-3-9-20;25-18-10-4-9-17(15-18)20-12-6-14-22-21-13-5-11-19(23(21)26-24(20)22)16-7-2-1-3-8-16;8-5-2-1-3-6(4-5)10-7-9/h1-19H;1-15H;1-4,9H. The fraction of sp³-hybridized carbons (Fsp3) is 0. The Morgan fingerprint density at radius 1 is 0.353 bits per heavy atom. The molecule has 0 spiro atoms. The van der Waals surface area contributed by atoms with Crippen LogP contribution < -0.4 is 4.65 Å². The molecule has 12 rings (SSSR count). The van der Waals surface area contributed by atoms with E-state index in [1.54, 1.807) is 24.3 Å². The fourth-order valence-corrected chi connectivity index (χ4v) is 9.35. The van der Waals surface area contributed by atoms with Crippen LogP contribution in [0.5, 0.6) is 5.75 Å². The Bertz CT molecular complexity index is 3700. The van der Waals surface area contributed by atoms with Gasteiger partial charge in [0, 0.05) is 58.3 Å². The average Bonchev–Trinajstić information content (AvgIpc) is 3.97. The van der Waals surface area contributed by atoms with E-state index in [0.717, 1.165) is 103 Å². The molecule has 10 aromatic carbocycles. The molecular weight excluding hydrogens is 946 g/mol. The van der Waals surface area contributed by atoms with E-state index in [1.165, 1.54) is 5.56 Å². The largest absolute Gasteiger partial charge is 0.569 e. The van der Waals surface area contributed by atoms with Gasteiger partial charge in [0.05, 0.1) is 0 Å². The van der Waals surface area contributed by atoms with Crippen LogP contribution in [0, 0.1) is 0 Å². The number of furan rings is 2. The summed E-state index contributed by atoms with van der Waals surface area (Å²) >= 11 is 15.4. The lowest BCUT2D eigenvalue weighted by Gasteiger charge is -2.07. The number of para-hydroxylation sites is 4. The second-order valence-electron chi connectivity index (χ2n) is 15.9. The highest BCUT2D eigenvalue weighted by Gasteiger charge is 2.17. The summed E-state index contributed by atoms with van der Waals surface area (Å²) < 4.78 is 18.7. The molecule has 0 aliphatic heterocycles. The second kappa shape index (κ2) is 20.3. The van der Waals surface area contributed by atoms with Crippen molar-refractivity contribution >= 4 is 90.7 Å². The Morgan fingerprint density at radius 3 is 1.18 bits per heavy atom. The first-order valence-electron chi connectivity index (χ1n) is 21.9. The summed E-state index contributed by atoms with van der Waals surface area (Å²) in [6.07, 6.45) is 0. The topological polar surface area (TPSA) is 55.7 Å². The maximum atomic E-state index is 8.22. The number of hydrogen-bond acceptors (Lipinski definition) is 4. The van der Waals surface area contributed by atoms with Crippen LogP contribution in [0.4, 0.5) is 0 Å². The van der Waals surface area contributed by atoms with Gasteiger partial charge in [0.15, 0.2) is 0 Å². The molecule has 68 heavy (non-hydrogen) atoms. The van der Waals surface area contributed by atoms with Crippen molar-refractivity contribution in [3.63, 3.8) is 0 Å². The molecule has 2 aromatic heterocycles. The molecule has 0 bridgehead atoms. The smallest absolute Gasteiger partial charge is 0.537 e. The average molecular weight is 986 g/mol. The summed E-state index contributed by atoms with van der Waals surface area (Å²) in [6.45, 7) is 0. The number of halogens is 3. The van der Waals surface area contributed by atoms with Gasteiger partial charge in [-0.1, -0.05) is 221 Å². The van der Waals surface area contributed by atoms with Crippen molar-refractivity contribution in [2.45, 2.75) is 0 Å². The highest BCUT2D eigenvalue weighted by molar-refractivity contribution is 9.10. The van der Waals surface area contributed by atoms with Crippen molar-refractivity contribution < 1.29 is 18.5 Å². The zero-order valence-corrected chi connectivity index (χ0v) is 39.4. The van der Waals surface area contributed by atoms with Crippen LogP contribution in [0.1, 0.15) is 0 Å². The predicted molar refractivity (Wildman–Crippen MR) is 287 cm³/mol. The van der Waals surface area contributed by atoms with Crippen molar-refractivity contribution in [1.29, 1.82) is 0 Å². The molecule has 1 radical (unpaired) electrons. The van der Waals surface area contributed by atoms with Gasteiger partial charge in [-0.05, 0) is 81.9 Å². The number of benzene rings is 10. The van der Waals surface area contributed by atoms with Crippen LogP contribution in [-0.2, 0) is 0 Å². The van der Waals surface area contributed by atoms with Crippen molar-refractivity contribution in [2.75, 3.05) is 0 Å². The third-order valence-electron chi connectivity index (χ3n) is 11.7. The minimum atomic E-state index is 0.523. The first kappa shape index (κ1) is 44.5. The molecule has 0 amide bonds. The Morgan fingerprint density at radius 2 is 0.721 bits per heavy atom. The van der Waals surface area contributed by atoms with Crippen molar-refractivity contribution in [2.24, 2.45) is 0 Å². The minimum Gasteiger partial charge on any atom is -0.537 e. The molecule has 12 aromatic rings. The molecule has 0 atom stereocenters. The molecule has 0 saturated carbocycles. The summed E-state index contributed by atoms with van der Waals surface area (Å²) in [5, 5.41) is 14.1. The lowest BCUT2D eigenvalue weighted by Crippen LogP contribution is -1.98. The minimum absolute atomic E-state index is 0.523. The van der Waals surface area contributed by atoms with Crippen LogP contribution in [-0.4, -0.2) is 12.7 Å². The molecular formula is C60H39BBrCl2O4. The van der Waals surface area contributed by atoms with E-state index >= 15 is 0 Å². The zero-order valence-electron chi connectivity index (χ0n) is 36.3. The van der Waals surface area contributed by atoms with Gasteiger partial charge in [-0.25, -0.2) is 0 Å². The summed E-state index contributed by atoms with van der Waals surface area (Å²) in [5.41, 5.74) is 15.0. The lowest BCUT2D eigenvalue weighted by molar-refractivity contribution is 0.454. The van der Waals surface area contributed by atoms with E-state index in [4.69, 9.17) is 37.1 Å². The van der Waals surface area contributed by atoms with Gasteiger partial charge in [-0.15, -0.1) is 0 Å². The van der Waals surface area contributed by atoms with Crippen LogP contribution >= 0.6 is 39.1 Å². The first-order chi connectivity index (χ1) is 33.4. The molecule has 0 unspecified atom stereocenters. The Kier molecular flexibility index (Phi) is 13.3. The maximum absolute atomic E-state index is 8.22. The number of fused-ring (bicyclic) bond motifs is 6. The Labute approximate surface area is 413 Å². The third kappa shape index (κ3) is 9.46. The molecule has 4 nitrogen and oxygen atoms in total. The predicted octanol–water partition coefficient (Wildman–Crippen LogP) is 18.2. The molecule has 0 saturated heterocycles. The summed E-state index contributed by atoms with van der Waals surface area (Å²) in [4.78, 5) is 0. The molecule has 1 N–H and O–H groups in total. The first-order valence-corrected chi connectivity index (χ1v) is 23.5. The Balaban J connectivity index is 0.000000134. The summed E-state index contributed by atoms with van der Waals surface area (Å²) in [7, 11) is 0.617. The van der Waals surface area contributed by atoms with Crippen LogP contribution in [0.3, 0.4) is 0 Å². The van der Waals surface area contributed by atoms with E-state index < -0.39 is 0 Å². The number of rotatable bonds is 7. The van der Waals surface area contributed by atoms with Gasteiger partial charge in [0.2, 0.25) is 0 Å². The maximum Gasteiger partial charge on any atom is 0.569 e. The van der Waals surface area contributed by atoms with Crippen molar-refractivity contribution in [1.82, 2.24) is 0 Å². The molecule has 0 aliphatic carbocycles. The van der Waals surface area contributed by atoms with E-state index in [2.05, 4.69) is 190 Å². The third-order valence-corrected chi connectivity index (χ3v) is 12.6. The van der Waals surface area contributed by atoms with Crippen LogP contribution in [0.15, 0.2) is 244 Å². The van der Waals surface area contributed by atoms with Crippen LogP contribution in [0.25, 0.3) is 99.5 Å². The molecule has 0 fully saturated rings. The van der Waals surface area contributed by atoms with E-state index in [1.807, 2.05) is 36.4 Å². The normalized spacial score (nSPS) is 10.9. The van der Waals surface area contributed by atoms with Crippen molar-refractivity contribution in [3.05, 3.63) is 245 Å². The summed E-state index contributed by atoms with van der Waals surface area (Å²) in [5.74, 6) is 0.523. The van der Waals surface area contributed by atoms with E-state index in [0.29, 0.717) is 18.5 Å². The Hall–Kier alpha value is -7.32. The molecule has 8 heteroatoms. The van der Waals surface area contributed by atoms with Crippen molar-refractivity contribution in [3.8, 4) is 61.4 Å². The van der Waals surface area contributed by atoms with E-state index in [9.17, 15) is 0 Å². The lowest BCUT2D eigenvalue weighted by atomic mass is 9.97.